The van der Waals surface area contributed by atoms with E-state index in [0.29, 0.717) is 5.92 Å². The molecule has 0 unspecified atom stereocenters. The molecule has 2 heteroatoms. The minimum Gasteiger partial charge on any atom is -0.390 e. The molecule has 0 heterocycles. The van der Waals surface area contributed by atoms with Crippen molar-refractivity contribution in [1.82, 2.24) is 0 Å². The average Bonchev–Trinajstić information content (AvgIpc) is 1.59. The summed E-state index contributed by atoms with van der Waals surface area (Å²) >= 11 is 0. The molecule has 0 aliphatic rings. The molecule has 2 nitrogen and oxygen atoms in total. The second kappa shape index (κ2) is 3.59. The van der Waals surface area contributed by atoms with Crippen molar-refractivity contribution in [2.24, 2.45) is 11.1 Å². The Hall–Kier alpha value is -0.530. The summed E-state index contributed by atoms with van der Waals surface area (Å²) in [6, 6.07) is 0. The lowest BCUT2D eigenvalue weighted by atomic mass is 10.2. The fraction of sp³-hybridized carbons (Fsp3) is 0.875. The Labute approximate surface area is 63.3 Å². The molecule has 0 spiro atoms. The van der Waals surface area contributed by atoms with Gasteiger partial charge in [0.25, 0.3) is 0 Å². The Bertz CT molecular complexity index is 111. The van der Waals surface area contributed by atoms with E-state index < -0.39 is 0 Å². The summed E-state index contributed by atoms with van der Waals surface area (Å²) in [6.45, 7) is 10.1. The molecule has 0 N–H and O–H groups in total. The zero-order valence-corrected chi connectivity index (χ0v) is 7.51. The van der Waals surface area contributed by atoms with Gasteiger partial charge in [-0.3, -0.25) is 0 Å². The second-order valence-corrected chi connectivity index (χ2v) is 3.70. The van der Waals surface area contributed by atoms with Crippen LogP contribution in [0.4, 0.5) is 0 Å². The van der Waals surface area contributed by atoms with Gasteiger partial charge in [0.05, 0.1) is 0 Å². The van der Waals surface area contributed by atoms with Gasteiger partial charge in [0.1, 0.15) is 5.60 Å². The molecular weight excluding hydrogens is 126 g/mol. The van der Waals surface area contributed by atoms with E-state index in [0.717, 1.165) is 0 Å². The van der Waals surface area contributed by atoms with Gasteiger partial charge >= 0.3 is 0 Å². The van der Waals surface area contributed by atoms with Crippen LogP contribution in [-0.2, 0) is 4.84 Å². The lowest BCUT2D eigenvalue weighted by molar-refractivity contribution is 0.00129. The van der Waals surface area contributed by atoms with Crippen molar-refractivity contribution in [3.8, 4) is 0 Å². The van der Waals surface area contributed by atoms with Crippen molar-refractivity contribution in [3.05, 3.63) is 0 Å². The molecule has 0 rings (SSSR count). The molecule has 0 saturated carbocycles. The Morgan fingerprint density at radius 2 is 1.80 bits per heavy atom. The molecule has 0 bridgehead atoms. The quantitative estimate of drug-likeness (QED) is 0.430. The molecule has 10 heavy (non-hydrogen) atoms. The third kappa shape index (κ3) is 7.47. The van der Waals surface area contributed by atoms with Crippen molar-refractivity contribution < 1.29 is 4.84 Å². The summed E-state index contributed by atoms with van der Waals surface area (Å²) in [5.74, 6) is 0.461. The maximum absolute atomic E-state index is 5.11. The number of rotatable bonds is 2. The average molecular weight is 143 g/mol. The smallest absolute Gasteiger partial charge is 0.129 e. The monoisotopic (exact) mass is 143 g/mol. The molecule has 0 aromatic carbocycles. The first-order chi connectivity index (χ1) is 4.42. The van der Waals surface area contributed by atoms with Crippen LogP contribution in [-0.4, -0.2) is 11.8 Å². The summed E-state index contributed by atoms with van der Waals surface area (Å²) in [7, 11) is 0. The van der Waals surface area contributed by atoms with Gasteiger partial charge in [0.15, 0.2) is 0 Å². The minimum atomic E-state index is -0.161. The van der Waals surface area contributed by atoms with E-state index in [1.807, 2.05) is 20.8 Å². The first-order valence-electron chi connectivity index (χ1n) is 3.63. The summed E-state index contributed by atoms with van der Waals surface area (Å²) in [4.78, 5) is 5.11. The van der Waals surface area contributed by atoms with E-state index >= 15 is 0 Å². The van der Waals surface area contributed by atoms with Gasteiger partial charge < -0.3 is 4.84 Å². The lowest BCUT2D eigenvalue weighted by Gasteiger charge is -2.14. The van der Waals surface area contributed by atoms with Crippen LogP contribution in [0.25, 0.3) is 0 Å². The Balaban J connectivity index is 3.54. The van der Waals surface area contributed by atoms with E-state index in [4.69, 9.17) is 4.84 Å². The molecule has 60 valence electrons. The fourth-order valence-electron chi connectivity index (χ4n) is 0.310. The molecule has 0 radical (unpaired) electrons. The Morgan fingerprint density at radius 3 is 2.10 bits per heavy atom. The predicted octanol–water partition coefficient (Wildman–Crippen LogP) is 2.44. The van der Waals surface area contributed by atoms with Crippen molar-refractivity contribution in [2.75, 3.05) is 0 Å². The van der Waals surface area contributed by atoms with Crippen LogP contribution in [0.1, 0.15) is 34.6 Å². The molecule has 0 aromatic heterocycles. The number of hydrogen-bond donors (Lipinski definition) is 0. The van der Waals surface area contributed by atoms with E-state index in [-0.39, 0.29) is 5.60 Å². The summed E-state index contributed by atoms with van der Waals surface area (Å²) in [5.41, 5.74) is -0.161. The van der Waals surface area contributed by atoms with E-state index in [2.05, 4.69) is 19.0 Å². The molecule has 0 aromatic rings. The minimum absolute atomic E-state index is 0.161. The van der Waals surface area contributed by atoms with E-state index in [1.54, 1.807) is 6.21 Å². The van der Waals surface area contributed by atoms with E-state index in [1.165, 1.54) is 0 Å². The van der Waals surface area contributed by atoms with Gasteiger partial charge in [-0.15, -0.1) is 0 Å². The first-order valence-corrected chi connectivity index (χ1v) is 3.63. The van der Waals surface area contributed by atoms with Gasteiger partial charge in [-0.1, -0.05) is 19.0 Å². The van der Waals surface area contributed by atoms with Crippen molar-refractivity contribution in [3.63, 3.8) is 0 Å². The van der Waals surface area contributed by atoms with Crippen molar-refractivity contribution >= 4 is 6.21 Å². The molecule has 0 aliphatic carbocycles. The standard InChI is InChI=1S/C8H17NO/c1-7(2)6-9-10-8(3,4)5/h6-7H,1-5H3/b9-6-. The third-order valence-corrected chi connectivity index (χ3v) is 0.686. The highest BCUT2D eigenvalue weighted by Crippen LogP contribution is 2.06. The van der Waals surface area contributed by atoms with Crippen LogP contribution in [0.5, 0.6) is 0 Å². The van der Waals surface area contributed by atoms with Crippen LogP contribution in [0.2, 0.25) is 0 Å². The van der Waals surface area contributed by atoms with Crippen LogP contribution < -0.4 is 0 Å². The number of nitrogens with zero attached hydrogens (tertiary/aromatic N) is 1. The Morgan fingerprint density at radius 1 is 1.30 bits per heavy atom. The second-order valence-electron chi connectivity index (χ2n) is 3.70. The zero-order chi connectivity index (χ0) is 8.20. The number of oxime groups is 1. The van der Waals surface area contributed by atoms with Crippen LogP contribution in [0.15, 0.2) is 5.16 Å². The molecule has 0 fully saturated rings. The van der Waals surface area contributed by atoms with Gasteiger partial charge in [-0.2, -0.15) is 0 Å². The number of hydrogen-bond acceptors (Lipinski definition) is 2. The normalized spacial score (nSPS) is 13.0. The topological polar surface area (TPSA) is 21.6 Å². The van der Waals surface area contributed by atoms with Crippen LogP contribution >= 0.6 is 0 Å². The molecular formula is C8H17NO. The Kier molecular flexibility index (Phi) is 3.40. The first kappa shape index (κ1) is 9.47. The maximum Gasteiger partial charge on any atom is 0.129 e. The van der Waals surface area contributed by atoms with Crippen molar-refractivity contribution in [2.45, 2.75) is 40.2 Å². The third-order valence-electron chi connectivity index (χ3n) is 0.686. The zero-order valence-electron chi connectivity index (χ0n) is 7.51. The predicted molar refractivity (Wildman–Crippen MR) is 44.2 cm³/mol. The fourth-order valence-corrected chi connectivity index (χ4v) is 0.310. The van der Waals surface area contributed by atoms with Crippen molar-refractivity contribution in [1.29, 1.82) is 0 Å². The highest BCUT2D eigenvalue weighted by Gasteiger charge is 2.08. The highest BCUT2D eigenvalue weighted by atomic mass is 16.6. The highest BCUT2D eigenvalue weighted by molar-refractivity contribution is 5.58. The summed E-state index contributed by atoms with van der Waals surface area (Å²) in [6.07, 6.45) is 1.80. The maximum atomic E-state index is 5.11. The molecule has 0 saturated heterocycles. The summed E-state index contributed by atoms with van der Waals surface area (Å²) < 4.78 is 0. The molecule has 0 amide bonds. The van der Waals surface area contributed by atoms with Gasteiger partial charge in [-0.25, -0.2) is 0 Å². The van der Waals surface area contributed by atoms with Gasteiger partial charge in [0, 0.05) is 6.21 Å². The molecule has 0 aliphatic heterocycles. The van der Waals surface area contributed by atoms with Crippen LogP contribution in [0, 0.1) is 5.92 Å². The van der Waals surface area contributed by atoms with Crippen LogP contribution in [0.3, 0.4) is 0 Å². The van der Waals surface area contributed by atoms with E-state index in [9.17, 15) is 0 Å². The van der Waals surface area contributed by atoms with Gasteiger partial charge in [-0.05, 0) is 26.7 Å². The van der Waals surface area contributed by atoms with Gasteiger partial charge in [0.2, 0.25) is 0 Å². The summed E-state index contributed by atoms with van der Waals surface area (Å²) in [5, 5.41) is 3.82. The largest absolute Gasteiger partial charge is 0.390 e. The SMILES string of the molecule is CC(C)/C=N\OC(C)(C)C. The lowest BCUT2D eigenvalue weighted by Crippen LogP contribution is -2.15. The molecule has 0 atom stereocenters.